The van der Waals surface area contributed by atoms with Crippen LogP contribution in [0.4, 0.5) is 5.69 Å². The van der Waals surface area contributed by atoms with Crippen LogP contribution in [-0.2, 0) is 10.0 Å². The predicted octanol–water partition coefficient (Wildman–Crippen LogP) is 3.97. The first-order valence-corrected chi connectivity index (χ1v) is 8.82. The van der Waals surface area contributed by atoms with E-state index in [-0.39, 0.29) is 4.90 Å². The number of benzene rings is 2. The maximum atomic E-state index is 12.3. The molecule has 1 N–H and O–H groups in total. The Balaban J connectivity index is 2.07. The Morgan fingerprint density at radius 1 is 1.00 bits per heavy atom. The van der Waals surface area contributed by atoms with Crippen molar-refractivity contribution in [3.8, 4) is 5.75 Å². The lowest BCUT2D eigenvalue weighted by molar-refractivity contribution is 0.309. The largest absolute Gasteiger partial charge is 0.494 e. The first-order chi connectivity index (χ1) is 10.5. The van der Waals surface area contributed by atoms with Gasteiger partial charge in [0.25, 0.3) is 10.0 Å². The van der Waals surface area contributed by atoms with Crippen molar-refractivity contribution in [3.05, 3.63) is 54.1 Å². The SMILES string of the molecule is CCCCOc1ccc(S(=O)(=O)Nc2ccc(C)cc2)cc1. The van der Waals surface area contributed by atoms with E-state index in [1.807, 2.05) is 19.1 Å². The minimum Gasteiger partial charge on any atom is -0.494 e. The average Bonchev–Trinajstić information content (AvgIpc) is 2.50. The van der Waals surface area contributed by atoms with Crippen LogP contribution in [0.5, 0.6) is 5.75 Å². The van der Waals surface area contributed by atoms with Crippen LogP contribution in [0.3, 0.4) is 0 Å². The van der Waals surface area contributed by atoms with Crippen molar-refractivity contribution in [1.82, 2.24) is 0 Å². The van der Waals surface area contributed by atoms with Crippen molar-refractivity contribution in [1.29, 1.82) is 0 Å². The van der Waals surface area contributed by atoms with E-state index in [1.54, 1.807) is 36.4 Å². The van der Waals surface area contributed by atoms with Crippen molar-refractivity contribution < 1.29 is 13.2 Å². The van der Waals surface area contributed by atoms with Crippen LogP contribution in [0, 0.1) is 6.92 Å². The minimum absolute atomic E-state index is 0.218. The van der Waals surface area contributed by atoms with E-state index >= 15 is 0 Å². The molecule has 0 aliphatic carbocycles. The van der Waals surface area contributed by atoms with Gasteiger partial charge < -0.3 is 4.74 Å². The molecule has 0 spiro atoms. The molecule has 0 heterocycles. The van der Waals surface area contributed by atoms with Gasteiger partial charge in [0.1, 0.15) is 5.75 Å². The molecule has 5 heteroatoms. The number of anilines is 1. The molecular weight excluding hydrogens is 298 g/mol. The number of nitrogens with one attached hydrogen (secondary N) is 1. The number of ether oxygens (including phenoxy) is 1. The highest BCUT2D eigenvalue weighted by Crippen LogP contribution is 2.19. The van der Waals surface area contributed by atoms with Crippen molar-refractivity contribution in [2.24, 2.45) is 0 Å². The topological polar surface area (TPSA) is 55.4 Å². The molecule has 0 unspecified atom stereocenters. The maximum absolute atomic E-state index is 12.3. The van der Waals surface area contributed by atoms with Crippen LogP contribution >= 0.6 is 0 Å². The molecule has 118 valence electrons. The van der Waals surface area contributed by atoms with Crippen LogP contribution < -0.4 is 9.46 Å². The molecule has 22 heavy (non-hydrogen) atoms. The van der Waals surface area contributed by atoms with Crippen LogP contribution in [0.2, 0.25) is 0 Å². The normalized spacial score (nSPS) is 11.2. The number of rotatable bonds is 7. The van der Waals surface area contributed by atoms with E-state index in [0.29, 0.717) is 18.0 Å². The van der Waals surface area contributed by atoms with E-state index in [4.69, 9.17) is 4.74 Å². The van der Waals surface area contributed by atoms with Gasteiger partial charge in [0.15, 0.2) is 0 Å². The minimum atomic E-state index is -3.57. The lowest BCUT2D eigenvalue weighted by Gasteiger charge is -2.10. The summed E-state index contributed by atoms with van der Waals surface area (Å²) in [5.41, 5.74) is 1.63. The van der Waals surface area contributed by atoms with Crippen molar-refractivity contribution in [2.45, 2.75) is 31.6 Å². The third-order valence-electron chi connectivity index (χ3n) is 3.20. The molecule has 0 fully saturated rings. The smallest absolute Gasteiger partial charge is 0.261 e. The zero-order chi connectivity index (χ0) is 16.0. The van der Waals surface area contributed by atoms with Crippen molar-refractivity contribution >= 4 is 15.7 Å². The zero-order valence-corrected chi connectivity index (χ0v) is 13.7. The Morgan fingerprint density at radius 3 is 2.23 bits per heavy atom. The highest BCUT2D eigenvalue weighted by atomic mass is 32.2. The second-order valence-corrected chi connectivity index (χ2v) is 6.83. The number of sulfonamides is 1. The van der Waals surface area contributed by atoms with Crippen LogP contribution in [0.15, 0.2) is 53.4 Å². The lowest BCUT2D eigenvalue weighted by Crippen LogP contribution is -2.12. The van der Waals surface area contributed by atoms with Crippen LogP contribution in [0.25, 0.3) is 0 Å². The fraction of sp³-hybridized carbons (Fsp3) is 0.294. The second-order valence-electron chi connectivity index (χ2n) is 5.14. The second kappa shape index (κ2) is 7.31. The number of hydrogen-bond donors (Lipinski definition) is 1. The molecule has 0 radical (unpaired) electrons. The zero-order valence-electron chi connectivity index (χ0n) is 12.9. The Labute approximate surface area is 132 Å². The van der Waals surface area contributed by atoms with E-state index in [0.717, 1.165) is 18.4 Å². The summed E-state index contributed by atoms with van der Waals surface area (Å²) in [6.07, 6.45) is 2.04. The van der Waals surface area contributed by atoms with Gasteiger partial charge in [0, 0.05) is 5.69 Å². The quantitative estimate of drug-likeness (QED) is 0.786. The van der Waals surface area contributed by atoms with Gasteiger partial charge in [-0.15, -0.1) is 0 Å². The van der Waals surface area contributed by atoms with E-state index in [2.05, 4.69) is 11.6 Å². The molecule has 2 aromatic rings. The standard InChI is InChI=1S/C17H21NO3S/c1-3-4-13-21-16-9-11-17(12-10-16)22(19,20)18-15-7-5-14(2)6-8-15/h5-12,18H,3-4,13H2,1-2H3. The van der Waals surface area contributed by atoms with Gasteiger partial charge in [-0.05, 0) is 49.7 Å². The summed E-state index contributed by atoms with van der Waals surface area (Å²) in [4.78, 5) is 0.218. The molecule has 0 aliphatic heterocycles. The fourth-order valence-corrected chi connectivity index (χ4v) is 2.94. The summed E-state index contributed by atoms with van der Waals surface area (Å²) < 4.78 is 32.7. The molecule has 0 bridgehead atoms. The van der Waals surface area contributed by atoms with E-state index in [9.17, 15) is 8.42 Å². The lowest BCUT2D eigenvalue weighted by atomic mass is 10.2. The summed E-state index contributed by atoms with van der Waals surface area (Å²) >= 11 is 0. The molecule has 2 aromatic carbocycles. The van der Waals surface area contributed by atoms with Gasteiger partial charge in [0.2, 0.25) is 0 Å². The molecular formula is C17H21NO3S. The summed E-state index contributed by atoms with van der Waals surface area (Å²) in [5, 5.41) is 0. The Kier molecular flexibility index (Phi) is 5.44. The Bertz CT molecular complexity index is 692. The van der Waals surface area contributed by atoms with Crippen molar-refractivity contribution in [3.63, 3.8) is 0 Å². The van der Waals surface area contributed by atoms with Gasteiger partial charge in [-0.2, -0.15) is 0 Å². The van der Waals surface area contributed by atoms with Crippen molar-refractivity contribution in [2.75, 3.05) is 11.3 Å². The van der Waals surface area contributed by atoms with Gasteiger partial charge in [0.05, 0.1) is 11.5 Å². The average molecular weight is 319 g/mol. The van der Waals surface area contributed by atoms with Gasteiger partial charge in [-0.3, -0.25) is 4.72 Å². The third-order valence-corrected chi connectivity index (χ3v) is 4.60. The predicted molar refractivity (Wildman–Crippen MR) is 88.8 cm³/mol. The highest BCUT2D eigenvalue weighted by molar-refractivity contribution is 7.92. The number of unbranched alkanes of at least 4 members (excludes halogenated alkanes) is 1. The van der Waals surface area contributed by atoms with Crippen LogP contribution in [0.1, 0.15) is 25.3 Å². The summed E-state index contributed by atoms with van der Waals surface area (Å²) in [6, 6.07) is 13.7. The van der Waals surface area contributed by atoms with Gasteiger partial charge in [-0.1, -0.05) is 31.0 Å². The maximum Gasteiger partial charge on any atom is 0.261 e. The van der Waals surface area contributed by atoms with Gasteiger partial charge >= 0.3 is 0 Å². The highest BCUT2D eigenvalue weighted by Gasteiger charge is 2.14. The molecule has 0 aromatic heterocycles. The molecule has 0 amide bonds. The van der Waals surface area contributed by atoms with Gasteiger partial charge in [-0.25, -0.2) is 8.42 Å². The Morgan fingerprint density at radius 2 is 1.64 bits per heavy atom. The summed E-state index contributed by atoms with van der Waals surface area (Å²) in [6.45, 7) is 4.69. The third kappa shape index (κ3) is 4.49. The van der Waals surface area contributed by atoms with E-state index in [1.165, 1.54) is 0 Å². The number of aryl methyl sites for hydroxylation is 1. The summed E-state index contributed by atoms with van der Waals surface area (Å²) in [5.74, 6) is 0.683. The molecule has 4 nitrogen and oxygen atoms in total. The first kappa shape index (κ1) is 16.4. The number of hydrogen-bond acceptors (Lipinski definition) is 3. The molecule has 0 aliphatic rings. The molecule has 0 saturated carbocycles. The summed E-state index contributed by atoms with van der Waals surface area (Å²) in [7, 11) is -3.57. The Hall–Kier alpha value is -2.01. The van der Waals surface area contributed by atoms with Crippen LogP contribution in [-0.4, -0.2) is 15.0 Å². The van der Waals surface area contributed by atoms with E-state index < -0.39 is 10.0 Å². The molecule has 0 saturated heterocycles. The fourth-order valence-electron chi connectivity index (χ4n) is 1.89. The first-order valence-electron chi connectivity index (χ1n) is 7.33. The molecule has 2 rings (SSSR count). The monoisotopic (exact) mass is 319 g/mol. The molecule has 0 atom stereocenters.